The SMILES string of the molecule is Cc1cc(C)c2cc(C(c3nnnn3CC3CCCO3)N3CCCCC3C)c(=O)[nH]c2c1. The van der Waals surface area contributed by atoms with E-state index in [2.05, 4.69) is 58.3 Å². The number of H-pyrrole nitrogens is 1. The van der Waals surface area contributed by atoms with E-state index in [1.807, 2.05) is 10.7 Å². The van der Waals surface area contributed by atoms with Crippen molar-refractivity contribution in [3.05, 3.63) is 51.1 Å². The smallest absolute Gasteiger partial charge is 0.253 e. The molecule has 5 rings (SSSR count). The van der Waals surface area contributed by atoms with E-state index < -0.39 is 0 Å². The minimum absolute atomic E-state index is 0.0723. The van der Waals surface area contributed by atoms with Gasteiger partial charge in [0.05, 0.1) is 12.6 Å². The number of nitrogens with one attached hydrogen (secondary N) is 1. The molecule has 0 saturated carbocycles. The Balaban J connectivity index is 1.64. The van der Waals surface area contributed by atoms with Crippen LogP contribution in [0.5, 0.6) is 0 Å². The quantitative estimate of drug-likeness (QED) is 0.660. The summed E-state index contributed by atoms with van der Waals surface area (Å²) >= 11 is 0. The second kappa shape index (κ2) is 8.75. The lowest BCUT2D eigenvalue weighted by atomic mass is 9.95. The number of aryl methyl sites for hydroxylation is 2. The molecule has 2 saturated heterocycles. The van der Waals surface area contributed by atoms with Crippen molar-refractivity contribution in [2.24, 2.45) is 0 Å². The number of hydrogen-bond acceptors (Lipinski definition) is 6. The highest BCUT2D eigenvalue weighted by atomic mass is 16.5. The van der Waals surface area contributed by atoms with Crippen LogP contribution in [0.25, 0.3) is 10.9 Å². The Morgan fingerprint density at radius 1 is 1.19 bits per heavy atom. The normalized spacial score (nSPS) is 23.1. The molecule has 4 heterocycles. The Kier molecular flexibility index (Phi) is 5.82. The summed E-state index contributed by atoms with van der Waals surface area (Å²) in [6, 6.07) is 6.30. The topological polar surface area (TPSA) is 88.9 Å². The van der Waals surface area contributed by atoms with Crippen molar-refractivity contribution in [3.8, 4) is 0 Å². The predicted molar refractivity (Wildman–Crippen MR) is 123 cm³/mol. The molecule has 1 aromatic carbocycles. The summed E-state index contributed by atoms with van der Waals surface area (Å²) in [4.78, 5) is 19.0. The van der Waals surface area contributed by atoms with Crippen LogP contribution in [0.4, 0.5) is 0 Å². The van der Waals surface area contributed by atoms with E-state index in [0.717, 1.165) is 66.7 Å². The minimum Gasteiger partial charge on any atom is -0.376 e. The zero-order valence-electron chi connectivity index (χ0n) is 19.2. The first-order valence-electron chi connectivity index (χ1n) is 11.8. The van der Waals surface area contributed by atoms with Crippen molar-refractivity contribution in [2.75, 3.05) is 13.2 Å². The first kappa shape index (κ1) is 21.3. The van der Waals surface area contributed by atoms with E-state index in [4.69, 9.17) is 4.74 Å². The maximum absolute atomic E-state index is 13.4. The molecule has 3 unspecified atom stereocenters. The van der Waals surface area contributed by atoms with Crippen molar-refractivity contribution in [1.29, 1.82) is 0 Å². The third-order valence-electron chi connectivity index (χ3n) is 7.03. The van der Waals surface area contributed by atoms with Gasteiger partial charge in [0.1, 0.15) is 6.04 Å². The van der Waals surface area contributed by atoms with Crippen LogP contribution < -0.4 is 5.56 Å². The number of fused-ring (bicyclic) bond motifs is 1. The molecule has 0 spiro atoms. The molecule has 0 amide bonds. The van der Waals surface area contributed by atoms with Gasteiger partial charge in [-0.15, -0.1) is 5.10 Å². The molecule has 8 heteroatoms. The summed E-state index contributed by atoms with van der Waals surface area (Å²) in [6.07, 6.45) is 5.62. The van der Waals surface area contributed by atoms with Crippen LogP contribution in [0.2, 0.25) is 0 Å². The third-order valence-corrected chi connectivity index (χ3v) is 7.03. The van der Waals surface area contributed by atoms with Gasteiger partial charge < -0.3 is 9.72 Å². The molecule has 3 aromatic rings. The zero-order chi connectivity index (χ0) is 22.2. The average molecular weight is 437 g/mol. The molecular formula is C24H32N6O2. The molecule has 2 aromatic heterocycles. The van der Waals surface area contributed by atoms with Gasteiger partial charge in [0, 0.05) is 29.1 Å². The van der Waals surface area contributed by atoms with E-state index in [1.165, 1.54) is 6.42 Å². The monoisotopic (exact) mass is 436 g/mol. The number of benzene rings is 1. The Hall–Kier alpha value is -2.58. The van der Waals surface area contributed by atoms with Crippen molar-refractivity contribution in [2.45, 2.75) is 77.6 Å². The van der Waals surface area contributed by atoms with Crippen molar-refractivity contribution >= 4 is 10.9 Å². The predicted octanol–water partition coefficient (Wildman–Crippen LogP) is 3.27. The Morgan fingerprint density at radius 3 is 2.84 bits per heavy atom. The molecule has 2 aliphatic rings. The Morgan fingerprint density at radius 2 is 2.06 bits per heavy atom. The van der Waals surface area contributed by atoms with Crippen molar-refractivity contribution < 1.29 is 4.74 Å². The highest BCUT2D eigenvalue weighted by Crippen LogP contribution is 2.33. The zero-order valence-corrected chi connectivity index (χ0v) is 19.2. The fraction of sp³-hybridized carbons (Fsp3) is 0.583. The fourth-order valence-corrected chi connectivity index (χ4v) is 5.38. The van der Waals surface area contributed by atoms with Crippen LogP contribution in [-0.4, -0.2) is 55.4 Å². The van der Waals surface area contributed by atoms with Gasteiger partial charge in [-0.3, -0.25) is 9.69 Å². The summed E-state index contributed by atoms with van der Waals surface area (Å²) in [5.41, 5.74) is 3.81. The molecule has 2 fully saturated rings. The fourth-order valence-electron chi connectivity index (χ4n) is 5.38. The molecule has 3 atom stereocenters. The van der Waals surface area contributed by atoms with E-state index in [1.54, 1.807) is 0 Å². The molecule has 0 bridgehead atoms. The van der Waals surface area contributed by atoms with Gasteiger partial charge in [-0.05, 0) is 86.7 Å². The maximum atomic E-state index is 13.4. The van der Waals surface area contributed by atoms with E-state index in [9.17, 15) is 4.79 Å². The first-order chi connectivity index (χ1) is 15.5. The van der Waals surface area contributed by atoms with E-state index in [0.29, 0.717) is 18.2 Å². The van der Waals surface area contributed by atoms with E-state index in [-0.39, 0.29) is 17.7 Å². The number of tetrazole rings is 1. The van der Waals surface area contributed by atoms with Crippen molar-refractivity contribution in [3.63, 3.8) is 0 Å². The Bertz CT molecular complexity index is 1160. The van der Waals surface area contributed by atoms with Gasteiger partial charge in [-0.1, -0.05) is 12.5 Å². The van der Waals surface area contributed by atoms with Crippen LogP contribution in [0.1, 0.15) is 67.6 Å². The molecule has 170 valence electrons. The number of ether oxygens (including phenoxy) is 1. The van der Waals surface area contributed by atoms with E-state index >= 15 is 0 Å². The van der Waals surface area contributed by atoms with Gasteiger partial charge in [-0.25, -0.2) is 4.68 Å². The van der Waals surface area contributed by atoms with Crippen molar-refractivity contribution in [1.82, 2.24) is 30.1 Å². The van der Waals surface area contributed by atoms with Crippen LogP contribution in [0.15, 0.2) is 23.0 Å². The summed E-state index contributed by atoms with van der Waals surface area (Å²) in [5.74, 6) is 0.726. The Labute approximate surface area is 188 Å². The lowest BCUT2D eigenvalue weighted by Crippen LogP contribution is -2.43. The summed E-state index contributed by atoms with van der Waals surface area (Å²) < 4.78 is 7.70. The van der Waals surface area contributed by atoms with Crippen LogP contribution in [-0.2, 0) is 11.3 Å². The lowest BCUT2D eigenvalue weighted by Gasteiger charge is -2.39. The van der Waals surface area contributed by atoms with Crippen LogP contribution in [0, 0.1) is 13.8 Å². The first-order valence-corrected chi connectivity index (χ1v) is 11.8. The second-order valence-electron chi connectivity index (χ2n) is 9.44. The van der Waals surface area contributed by atoms with Crippen LogP contribution >= 0.6 is 0 Å². The maximum Gasteiger partial charge on any atom is 0.253 e. The van der Waals surface area contributed by atoms with Gasteiger partial charge in [0.2, 0.25) is 0 Å². The summed E-state index contributed by atoms with van der Waals surface area (Å²) in [5, 5.41) is 13.8. The number of piperidine rings is 1. The highest BCUT2D eigenvalue weighted by molar-refractivity contribution is 5.83. The summed E-state index contributed by atoms with van der Waals surface area (Å²) in [6.45, 7) is 8.71. The third kappa shape index (κ3) is 3.97. The number of likely N-dealkylation sites (tertiary alicyclic amines) is 1. The van der Waals surface area contributed by atoms with Crippen LogP contribution in [0.3, 0.4) is 0 Å². The number of aromatic amines is 1. The molecule has 8 nitrogen and oxygen atoms in total. The van der Waals surface area contributed by atoms with Gasteiger partial charge in [-0.2, -0.15) is 0 Å². The molecule has 1 N–H and O–H groups in total. The van der Waals surface area contributed by atoms with Gasteiger partial charge >= 0.3 is 0 Å². The average Bonchev–Trinajstić information content (AvgIpc) is 3.43. The molecule has 0 aliphatic carbocycles. The largest absolute Gasteiger partial charge is 0.376 e. The number of rotatable bonds is 5. The number of hydrogen-bond donors (Lipinski definition) is 1. The molecule has 32 heavy (non-hydrogen) atoms. The number of pyridine rings is 1. The lowest BCUT2D eigenvalue weighted by molar-refractivity contribution is 0.0863. The highest BCUT2D eigenvalue weighted by Gasteiger charge is 2.35. The molecular weight excluding hydrogens is 404 g/mol. The second-order valence-corrected chi connectivity index (χ2v) is 9.44. The standard InChI is InChI=1S/C24H32N6O2/c1-15-11-16(2)19-13-20(24(31)25-21(19)12-15)22(29-9-5-4-7-17(29)3)23-26-27-28-30(23)14-18-8-6-10-32-18/h11-13,17-18,22H,4-10,14H2,1-3H3,(H,25,31). The summed E-state index contributed by atoms with van der Waals surface area (Å²) in [7, 11) is 0. The van der Waals surface area contributed by atoms with Gasteiger partial charge in [0.25, 0.3) is 5.56 Å². The van der Waals surface area contributed by atoms with Gasteiger partial charge in [0.15, 0.2) is 5.82 Å². The molecule has 2 aliphatic heterocycles. The minimum atomic E-state index is -0.296. The number of aromatic nitrogens is 5. The molecule has 0 radical (unpaired) electrons. The number of nitrogens with zero attached hydrogens (tertiary/aromatic N) is 5.